The number of hydrogen-bond acceptors (Lipinski definition) is 3. The van der Waals surface area contributed by atoms with Gasteiger partial charge < -0.3 is 15.5 Å². The lowest BCUT2D eigenvalue weighted by molar-refractivity contribution is -0.140. The maximum atomic E-state index is 12.7. The molecule has 0 aromatic heterocycles. The van der Waals surface area contributed by atoms with E-state index in [4.69, 9.17) is 5.73 Å². The van der Waals surface area contributed by atoms with Crippen molar-refractivity contribution in [3.05, 3.63) is 35.4 Å². The fourth-order valence-electron chi connectivity index (χ4n) is 2.80. The standard InChI is InChI=1S/C17H23N3O3/c1-11(2)10-19-7-8-20(12(3)16(19)22)17(23)14-6-4-5-13(9-14)15(18)21/h4-6,9,11-12H,7-8,10H2,1-3H3,(H2,18,21)/t12-/m0/s1. The summed E-state index contributed by atoms with van der Waals surface area (Å²) >= 11 is 0. The first-order valence-electron chi connectivity index (χ1n) is 7.81. The molecule has 1 aliphatic heterocycles. The highest BCUT2D eigenvalue weighted by Crippen LogP contribution is 2.17. The van der Waals surface area contributed by atoms with Crippen LogP contribution in [0.15, 0.2) is 24.3 Å². The summed E-state index contributed by atoms with van der Waals surface area (Å²) in [5.74, 6) is -0.478. The van der Waals surface area contributed by atoms with Gasteiger partial charge in [0.15, 0.2) is 0 Å². The Bertz CT molecular complexity index is 627. The summed E-state index contributed by atoms with van der Waals surface area (Å²) in [6.45, 7) is 7.57. The number of carbonyl (C=O) groups excluding carboxylic acids is 3. The molecule has 1 fully saturated rings. The second-order valence-electron chi connectivity index (χ2n) is 6.30. The van der Waals surface area contributed by atoms with Gasteiger partial charge >= 0.3 is 0 Å². The Morgan fingerprint density at radius 3 is 2.52 bits per heavy atom. The minimum atomic E-state index is -0.578. The number of benzene rings is 1. The summed E-state index contributed by atoms with van der Waals surface area (Å²) in [6, 6.07) is 5.78. The van der Waals surface area contributed by atoms with Crippen molar-refractivity contribution in [2.45, 2.75) is 26.8 Å². The molecule has 2 rings (SSSR count). The van der Waals surface area contributed by atoms with Gasteiger partial charge in [-0.2, -0.15) is 0 Å². The molecule has 1 aromatic carbocycles. The van der Waals surface area contributed by atoms with E-state index in [0.29, 0.717) is 31.1 Å². The van der Waals surface area contributed by atoms with E-state index in [-0.39, 0.29) is 17.4 Å². The zero-order valence-electron chi connectivity index (χ0n) is 13.8. The van der Waals surface area contributed by atoms with Crippen LogP contribution in [0.3, 0.4) is 0 Å². The summed E-state index contributed by atoms with van der Waals surface area (Å²) in [7, 11) is 0. The van der Waals surface area contributed by atoms with E-state index in [1.54, 1.807) is 34.9 Å². The molecule has 1 aromatic rings. The summed E-state index contributed by atoms with van der Waals surface area (Å²) in [6.07, 6.45) is 0. The van der Waals surface area contributed by atoms with Crippen LogP contribution in [0.4, 0.5) is 0 Å². The first-order chi connectivity index (χ1) is 10.8. The number of amides is 3. The van der Waals surface area contributed by atoms with Crippen molar-refractivity contribution >= 4 is 17.7 Å². The largest absolute Gasteiger partial charge is 0.366 e. The third-order valence-corrected chi connectivity index (χ3v) is 3.99. The summed E-state index contributed by atoms with van der Waals surface area (Å²) in [5.41, 5.74) is 5.91. The van der Waals surface area contributed by atoms with Crippen LogP contribution < -0.4 is 5.73 Å². The number of carbonyl (C=O) groups is 3. The van der Waals surface area contributed by atoms with Crippen molar-refractivity contribution in [2.24, 2.45) is 11.7 Å². The number of nitrogens with zero attached hydrogens (tertiary/aromatic N) is 2. The molecule has 23 heavy (non-hydrogen) atoms. The molecule has 6 nitrogen and oxygen atoms in total. The van der Waals surface area contributed by atoms with Crippen LogP contribution in [-0.4, -0.2) is 53.2 Å². The van der Waals surface area contributed by atoms with Crippen LogP contribution in [-0.2, 0) is 4.79 Å². The zero-order valence-corrected chi connectivity index (χ0v) is 13.8. The molecule has 1 saturated heterocycles. The molecule has 124 valence electrons. The van der Waals surface area contributed by atoms with Crippen molar-refractivity contribution in [1.29, 1.82) is 0 Å². The predicted octanol–water partition coefficient (Wildman–Crippen LogP) is 1.11. The van der Waals surface area contributed by atoms with Crippen LogP contribution in [0, 0.1) is 5.92 Å². The van der Waals surface area contributed by atoms with E-state index in [0.717, 1.165) is 0 Å². The maximum absolute atomic E-state index is 12.7. The van der Waals surface area contributed by atoms with Gasteiger partial charge in [0.05, 0.1) is 0 Å². The molecular weight excluding hydrogens is 294 g/mol. The molecule has 1 aliphatic rings. The second-order valence-corrected chi connectivity index (χ2v) is 6.30. The van der Waals surface area contributed by atoms with Crippen LogP contribution in [0.1, 0.15) is 41.5 Å². The van der Waals surface area contributed by atoms with E-state index >= 15 is 0 Å². The van der Waals surface area contributed by atoms with Crippen molar-refractivity contribution in [3.63, 3.8) is 0 Å². The van der Waals surface area contributed by atoms with Crippen molar-refractivity contribution < 1.29 is 14.4 Å². The lowest BCUT2D eigenvalue weighted by Crippen LogP contribution is -2.58. The highest BCUT2D eigenvalue weighted by molar-refractivity contribution is 6.01. The normalized spacial score (nSPS) is 18.4. The maximum Gasteiger partial charge on any atom is 0.254 e. The molecule has 0 unspecified atom stereocenters. The molecule has 1 heterocycles. The van der Waals surface area contributed by atoms with Gasteiger partial charge in [-0.15, -0.1) is 0 Å². The van der Waals surface area contributed by atoms with Crippen LogP contribution in [0.2, 0.25) is 0 Å². The van der Waals surface area contributed by atoms with Crippen LogP contribution >= 0.6 is 0 Å². The average molecular weight is 317 g/mol. The van der Waals surface area contributed by atoms with E-state index in [1.807, 2.05) is 0 Å². The molecule has 2 N–H and O–H groups in total. The highest BCUT2D eigenvalue weighted by Gasteiger charge is 2.34. The van der Waals surface area contributed by atoms with E-state index in [1.165, 1.54) is 6.07 Å². The Morgan fingerprint density at radius 2 is 1.91 bits per heavy atom. The van der Waals surface area contributed by atoms with Gasteiger partial charge in [0.2, 0.25) is 11.8 Å². The number of hydrogen-bond donors (Lipinski definition) is 1. The lowest BCUT2D eigenvalue weighted by Gasteiger charge is -2.39. The fraction of sp³-hybridized carbons (Fsp3) is 0.471. The minimum Gasteiger partial charge on any atom is -0.366 e. The second kappa shape index (κ2) is 6.81. The van der Waals surface area contributed by atoms with Crippen molar-refractivity contribution in [3.8, 4) is 0 Å². The smallest absolute Gasteiger partial charge is 0.254 e. The molecule has 3 amide bonds. The van der Waals surface area contributed by atoms with Gasteiger partial charge in [0.1, 0.15) is 6.04 Å². The SMILES string of the molecule is CC(C)CN1CCN(C(=O)c2cccc(C(N)=O)c2)[C@@H](C)C1=O. The summed E-state index contributed by atoms with van der Waals surface area (Å²) < 4.78 is 0. The number of nitrogens with two attached hydrogens (primary N) is 1. The van der Waals surface area contributed by atoms with Gasteiger partial charge in [-0.3, -0.25) is 14.4 Å². The third-order valence-electron chi connectivity index (χ3n) is 3.99. The average Bonchev–Trinajstić information content (AvgIpc) is 2.51. The van der Waals surface area contributed by atoms with E-state index < -0.39 is 11.9 Å². The monoisotopic (exact) mass is 317 g/mol. The lowest BCUT2D eigenvalue weighted by atomic mass is 10.1. The Morgan fingerprint density at radius 1 is 1.26 bits per heavy atom. The molecular formula is C17H23N3O3. The predicted molar refractivity (Wildman–Crippen MR) is 86.9 cm³/mol. The van der Waals surface area contributed by atoms with Crippen molar-refractivity contribution in [1.82, 2.24) is 9.80 Å². The molecule has 0 spiro atoms. The molecule has 0 radical (unpaired) electrons. The number of primary amides is 1. The van der Waals surface area contributed by atoms with E-state index in [2.05, 4.69) is 13.8 Å². The Labute approximate surface area is 136 Å². The molecule has 6 heteroatoms. The minimum absolute atomic E-state index is 0.0376. The zero-order chi connectivity index (χ0) is 17.1. The number of rotatable bonds is 4. The van der Waals surface area contributed by atoms with Crippen LogP contribution in [0.25, 0.3) is 0 Å². The Balaban J connectivity index is 2.16. The molecule has 0 bridgehead atoms. The summed E-state index contributed by atoms with van der Waals surface area (Å²) in [5, 5.41) is 0. The third kappa shape index (κ3) is 3.70. The van der Waals surface area contributed by atoms with Crippen molar-refractivity contribution in [2.75, 3.05) is 19.6 Å². The molecule has 1 atom stereocenters. The Hall–Kier alpha value is -2.37. The molecule has 0 aliphatic carbocycles. The van der Waals surface area contributed by atoms with Gasteiger partial charge in [-0.25, -0.2) is 0 Å². The fourth-order valence-corrected chi connectivity index (χ4v) is 2.80. The number of piperazine rings is 1. The topological polar surface area (TPSA) is 83.7 Å². The molecule has 0 saturated carbocycles. The summed E-state index contributed by atoms with van der Waals surface area (Å²) in [4.78, 5) is 39.7. The van der Waals surface area contributed by atoms with Gasteiger partial charge in [0.25, 0.3) is 5.91 Å². The first-order valence-corrected chi connectivity index (χ1v) is 7.81. The first kappa shape index (κ1) is 17.0. The highest BCUT2D eigenvalue weighted by atomic mass is 16.2. The Kier molecular flexibility index (Phi) is 5.03. The van der Waals surface area contributed by atoms with Gasteiger partial charge in [0, 0.05) is 30.8 Å². The van der Waals surface area contributed by atoms with E-state index in [9.17, 15) is 14.4 Å². The van der Waals surface area contributed by atoms with Gasteiger partial charge in [-0.1, -0.05) is 19.9 Å². The quantitative estimate of drug-likeness (QED) is 0.903. The van der Waals surface area contributed by atoms with Gasteiger partial charge in [-0.05, 0) is 31.0 Å². The van der Waals surface area contributed by atoms with Crippen LogP contribution in [0.5, 0.6) is 0 Å².